The molecule has 90 valence electrons. The lowest BCUT2D eigenvalue weighted by Gasteiger charge is -1.97. The van der Waals surface area contributed by atoms with Crippen LogP contribution in [0.15, 0.2) is 5.51 Å². The van der Waals surface area contributed by atoms with Gasteiger partial charge >= 0.3 is 5.97 Å². The molecule has 0 radical (unpaired) electrons. The average Bonchev–Trinajstić information content (AvgIpc) is 2.72. The molecule has 1 aromatic heterocycles. The second kappa shape index (κ2) is 6.66. The van der Waals surface area contributed by atoms with E-state index < -0.39 is 5.97 Å². The van der Waals surface area contributed by atoms with Crippen molar-refractivity contribution in [1.29, 1.82) is 0 Å². The number of esters is 1. The smallest absolute Gasteiger partial charge is 0.359 e. The van der Waals surface area contributed by atoms with Crippen LogP contribution in [-0.2, 0) is 9.53 Å². The number of rotatable bonds is 3. The Morgan fingerprint density at radius 2 is 2.35 bits per heavy atom. The largest absolute Gasteiger partial charge is 0.461 e. The van der Waals surface area contributed by atoms with Gasteiger partial charge in [0, 0.05) is 6.92 Å². The first-order chi connectivity index (χ1) is 8.15. The highest BCUT2D eigenvalue weighted by atomic mass is 32.1. The van der Waals surface area contributed by atoms with E-state index in [0.29, 0.717) is 11.5 Å². The maximum atomic E-state index is 11.5. The van der Waals surface area contributed by atoms with Gasteiger partial charge in [0.1, 0.15) is 4.88 Å². The van der Waals surface area contributed by atoms with Gasteiger partial charge in [-0.05, 0) is 6.92 Å². The second-order valence-electron chi connectivity index (χ2n) is 2.96. The van der Waals surface area contributed by atoms with E-state index in [0.717, 1.165) is 0 Å². The van der Waals surface area contributed by atoms with Crippen LogP contribution < -0.4 is 5.32 Å². The van der Waals surface area contributed by atoms with Crippen molar-refractivity contribution in [3.8, 4) is 11.8 Å². The number of amides is 1. The summed E-state index contributed by atoms with van der Waals surface area (Å²) in [5.74, 6) is 4.90. The zero-order valence-corrected chi connectivity index (χ0v) is 10.4. The van der Waals surface area contributed by atoms with E-state index in [9.17, 15) is 9.59 Å². The van der Waals surface area contributed by atoms with Gasteiger partial charge in [0.25, 0.3) is 0 Å². The van der Waals surface area contributed by atoms with Gasteiger partial charge in [-0.25, -0.2) is 9.78 Å². The number of nitrogens with one attached hydrogen (secondary N) is 1. The molecule has 1 aromatic rings. The number of ether oxygens (including phenoxy) is 1. The van der Waals surface area contributed by atoms with Crippen molar-refractivity contribution in [1.82, 2.24) is 10.3 Å². The standard InChI is InChI=1S/C11H12N2O3S/c1-3-16-11(15)10-9(17-7-13-10)5-4-6-12-8(2)14/h7H,3,6H2,1-2H3,(H,12,14). The van der Waals surface area contributed by atoms with E-state index in [-0.39, 0.29) is 18.1 Å². The summed E-state index contributed by atoms with van der Waals surface area (Å²) in [5, 5.41) is 2.54. The van der Waals surface area contributed by atoms with E-state index >= 15 is 0 Å². The molecule has 0 aliphatic heterocycles. The molecule has 0 saturated heterocycles. The monoisotopic (exact) mass is 252 g/mol. The number of thiazole rings is 1. The van der Waals surface area contributed by atoms with Crippen LogP contribution in [0.1, 0.15) is 29.2 Å². The van der Waals surface area contributed by atoms with Crippen molar-refractivity contribution in [2.75, 3.05) is 13.2 Å². The zero-order valence-electron chi connectivity index (χ0n) is 9.57. The second-order valence-corrected chi connectivity index (χ2v) is 3.82. The summed E-state index contributed by atoms with van der Waals surface area (Å²) in [7, 11) is 0. The lowest BCUT2D eigenvalue weighted by atomic mass is 10.3. The Kier molecular flexibility index (Phi) is 5.17. The lowest BCUT2D eigenvalue weighted by Crippen LogP contribution is -2.19. The van der Waals surface area contributed by atoms with E-state index in [4.69, 9.17) is 4.74 Å². The summed E-state index contributed by atoms with van der Waals surface area (Å²) < 4.78 is 4.84. The maximum absolute atomic E-state index is 11.5. The van der Waals surface area contributed by atoms with Gasteiger partial charge in [-0.15, -0.1) is 11.3 Å². The van der Waals surface area contributed by atoms with Gasteiger partial charge in [-0.2, -0.15) is 0 Å². The van der Waals surface area contributed by atoms with Crippen LogP contribution in [0.5, 0.6) is 0 Å². The third kappa shape index (κ3) is 4.25. The molecule has 0 atom stereocenters. The van der Waals surface area contributed by atoms with Crippen molar-refractivity contribution in [3.63, 3.8) is 0 Å². The number of carbonyl (C=O) groups excluding carboxylic acids is 2. The van der Waals surface area contributed by atoms with E-state index in [1.54, 1.807) is 6.92 Å². The maximum Gasteiger partial charge on any atom is 0.359 e. The molecule has 1 heterocycles. The van der Waals surface area contributed by atoms with Crippen molar-refractivity contribution in [2.24, 2.45) is 0 Å². The minimum absolute atomic E-state index is 0.144. The summed E-state index contributed by atoms with van der Waals surface area (Å²) in [4.78, 5) is 26.5. The fourth-order valence-corrected chi connectivity index (χ4v) is 1.62. The van der Waals surface area contributed by atoms with Crippen LogP contribution in [0.2, 0.25) is 0 Å². The molecule has 0 aliphatic rings. The first-order valence-corrected chi connectivity index (χ1v) is 5.87. The van der Waals surface area contributed by atoms with Crippen molar-refractivity contribution >= 4 is 23.2 Å². The molecule has 0 unspecified atom stereocenters. The molecule has 0 aromatic carbocycles. The molecule has 1 rings (SSSR count). The lowest BCUT2D eigenvalue weighted by molar-refractivity contribution is -0.118. The molecule has 1 N–H and O–H groups in total. The Morgan fingerprint density at radius 1 is 1.59 bits per heavy atom. The quantitative estimate of drug-likeness (QED) is 0.638. The zero-order chi connectivity index (χ0) is 12.7. The fourth-order valence-electron chi connectivity index (χ4n) is 0.973. The summed E-state index contributed by atoms with van der Waals surface area (Å²) in [5.41, 5.74) is 1.77. The number of aromatic nitrogens is 1. The highest BCUT2D eigenvalue weighted by Crippen LogP contribution is 2.12. The highest BCUT2D eigenvalue weighted by molar-refractivity contribution is 7.10. The molecule has 17 heavy (non-hydrogen) atoms. The van der Waals surface area contributed by atoms with Crippen LogP contribution in [0.3, 0.4) is 0 Å². The van der Waals surface area contributed by atoms with Crippen LogP contribution in [0.25, 0.3) is 0 Å². The molecule has 0 bridgehead atoms. The normalized spacial score (nSPS) is 9.06. The van der Waals surface area contributed by atoms with Crippen LogP contribution in [0, 0.1) is 11.8 Å². The van der Waals surface area contributed by atoms with E-state index in [1.807, 2.05) is 0 Å². The highest BCUT2D eigenvalue weighted by Gasteiger charge is 2.14. The Bertz CT molecular complexity index is 471. The summed E-state index contributed by atoms with van der Waals surface area (Å²) in [6, 6.07) is 0. The summed E-state index contributed by atoms with van der Waals surface area (Å²) in [6.07, 6.45) is 0. The van der Waals surface area contributed by atoms with Crippen molar-refractivity contribution in [2.45, 2.75) is 13.8 Å². The Hall–Kier alpha value is -1.87. The molecule has 1 amide bonds. The molecule has 5 nitrogen and oxygen atoms in total. The third-order valence-electron chi connectivity index (χ3n) is 1.66. The SMILES string of the molecule is CCOC(=O)c1ncsc1C#CCNC(C)=O. The van der Waals surface area contributed by atoms with Crippen molar-refractivity contribution < 1.29 is 14.3 Å². The Labute approximate surface area is 103 Å². The Morgan fingerprint density at radius 3 is 3.00 bits per heavy atom. The van der Waals surface area contributed by atoms with Gasteiger partial charge in [-0.1, -0.05) is 11.8 Å². The van der Waals surface area contributed by atoms with E-state index in [1.165, 1.54) is 23.8 Å². The topological polar surface area (TPSA) is 68.3 Å². The molecule has 0 saturated carbocycles. The van der Waals surface area contributed by atoms with Gasteiger partial charge in [0.15, 0.2) is 5.69 Å². The predicted molar refractivity (Wildman–Crippen MR) is 63.6 cm³/mol. The number of hydrogen-bond acceptors (Lipinski definition) is 5. The van der Waals surface area contributed by atoms with Crippen molar-refractivity contribution in [3.05, 3.63) is 16.1 Å². The predicted octanol–water partition coefficient (Wildman–Crippen LogP) is 0.807. The van der Waals surface area contributed by atoms with Gasteiger partial charge in [0.2, 0.25) is 5.91 Å². The summed E-state index contributed by atoms with van der Waals surface area (Å²) >= 11 is 1.26. The van der Waals surface area contributed by atoms with E-state index in [2.05, 4.69) is 22.1 Å². The van der Waals surface area contributed by atoms with Crippen LogP contribution in [0.4, 0.5) is 0 Å². The van der Waals surface area contributed by atoms with Gasteiger partial charge < -0.3 is 10.1 Å². The van der Waals surface area contributed by atoms with Crippen LogP contribution >= 0.6 is 11.3 Å². The van der Waals surface area contributed by atoms with Gasteiger partial charge in [0.05, 0.1) is 18.7 Å². The minimum Gasteiger partial charge on any atom is -0.461 e. The summed E-state index contributed by atoms with van der Waals surface area (Å²) in [6.45, 7) is 3.69. The first kappa shape index (κ1) is 13.2. The molecular formula is C11H12N2O3S. The minimum atomic E-state index is -0.474. The third-order valence-corrected chi connectivity index (χ3v) is 2.41. The average molecular weight is 252 g/mol. The molecule has 0 spiro atoms. The molecule has 6 heteroatoms. The molecular weight excluding hydrogens is 240 g/mol. The fraction of sp³-hybridized carbons (Fsp3) is 0.364. The molecule has 0 aliphatic carbocycles. The van der Waals surface area contributed by atoms with Gasteiger partial charge in [-0.3, -0.25) is 4.79 Å². The Balaban J connectivity index is 2.68. The number of hydrogen-bond donors (Lipinski definition) is 1. The number of nitrogens with zero attached hydrogens (tertiary/aromatic N) is 1. The first-order valence-electron chi connectivity index (χ1n) is 4.99. The molecule has 0 fully saturated rings. The van der Waals surface area contributed by atoms with Crippen LogP contribution in [-0.4, -0.2) is 30.0 Å². The number of carbonyl (C=O) groups is 2.